The lowest BCUT2D eigenvalue weighted by atomic mass is 9.99. The standard InChI is InChI=1S/C17H18N4O4/c1-17(16(24)25)8-5-9-20(17)15(23)12-10-13(14(18)22)21(19-12)11-6-3-2-4-7-11/h2-4,6-7,10H,5,8-9H2,1H3,(H2,18,22)(H,24,25). The number of aliphatic carboxylic acids is 1. The summed E-state index contributed by atoms with van der Waals surface area (Å²) < 4.78 is 1.30. The van der Waals surface area contributed by atoms with Gasteiger partial charge < -0.3 is 15.7 Å². The molecule has 2 amide bonds. The molecule has 1 fully saturated rings. The van der Waals surface area contributed by atoms with Crippen LogP contribution in [0.2, 0.25) is 0 Å². The number of rotatable bonds is 4. The molecular formula is C17H18N4O4. The molecule has 0 saturated carbocycles. The Morgan fingerprint density at radius 1 is 1.24 bits per heavy atom. The number of nitrogens with two attached hydrogens (primary N) is 1. The zero-order chi connectivity index (χ0) is 18.2. The number of hydrogen-bond acceptors (Lipinski definition) is 4. The summed E-state index contributed by atoms with van der Waals surface area (Å²) in [4.78, 5) is 37.4. The molecule has 1 unspecified atom stereocenters. The summed E-state index contributed by atoms with van der Waals surface area (Å²) in [5.74, 6) is -2.31. The summed E-state index contributed by atoms with van der Waals surface area (Å²) in [6.07, 6.45) is 0.965. The lowest BCUT2D eigenvalue weighted by molar-refractivity contribution is -0.147. The molecule has 2 heterocycles. The average Bonchev–Trinajstić information content (AvgIpc) is 3.20. The molecule has 3 N–H and O–H groups in total. The van der Waals surface area contributed by atoms with E-state index in [9.17, 15) is 19.5 Å². The van der Waals surface area contributed by atoms with Gasteiger partial charge in [0, 0.05) is 12.6 Å². The highest BCUT2D eigenvalue weighted by Gasteiger charge is 2.46. The Kier molecular flexibility index (Phi) is 4.03. The molecule has 0 bridgehead atoms. The topological polar surface area (TPSA) is 119 Å². The molecule has 1 aliphatic rings. The predicted octanol–water partition coefficient (Wildman–Crippen LogP) is 1.05. The van der Waals surface area contributed by atoms with E-state index in [1.54, 1.807) is 24.3 Å². The van der Waals surface area contributed by atoms with Gasteiger partial charge in [0.2, 0.25) is 0 Å². The summed E-state index contributed by atoms with van der Waals surface area (Å²) in [6.45, 7) is 1.84. The number of likely N-dealkylation sites (tertiary alicyclic amines) is 1. The maximum absolute atomic E-state index is 12.8. The van der Waals surface area contributed by atoms with E-state index in [1.165, 1.54) is 22.6 Å². The Labute approximate surface area is 143 Å². The van der Waals surface area contributed by atoms with Gasteiger partial charge in [-0.25, -0.2) is 9.48 Å². The van der Waals surface area contributed by atoms with Crippen LogP contribution in [0.5, 0.6) is 0 Å². The Hall–Kier alpha value is -3.16. The number of hydrogen-bond donors (Lipinski definition) is 2. The van der Waals surface area contributed by atoms with Gasteiger partial charge >= 0.3 is 5.97 Å². The molecule has 1 saturated heterocycles. The van der Waals surface area contributed by atoms with E-state index in [-0.39, 0.29) is 11.4 Å². The summed E-state index contributed by atoms with van der Waals surface area (Å²) in [6, 6.07) is 10.1. The fraction of sp³-hybridized carbons (Fsp3) is 0.294. The molecule has 0 radical (unpaired) electrons. The number of carbonyl (C=O) groups is 3. The highest BCUT2D eigenvalue weighted by atomic mass is 16.4. The fourth-order valence-electron chi connectivity index (χ4n) is 3.08. The van der Waals surface area contributed by atoms with E-state index < -0.39 is 23.3 Å². The zero-order valence-corrected chi connectivity index (χ0v) is 13.7. The Bertz CT molecular complexity index is 846. The second-order valence-electron chi connectivity index (χ2n) is 6.17. The quantitative estimate of drug-likeness (QED) is 0.861. The number of benzene rings is 1. The number of amides is 2. The molecular weight excluding hydrogens is 324 g/mol. The Morgan fingerprint density at radius 3 is 2.52 bits per heavy atom. The van der Waals surface area contributed by atoms with E-state index in [1.807, 2.05) is 6.07 Å². The summed E-state index contributed by atoms with van der Waals surface area (Å²) in [5.41, 5.74) is 4.76. The first-order valence-electron chi connectivity index (χ1n) is 7.85. The molecule has 0 aliphatic carbocycles. The van der Waals surface area contributed by atoms with Crippen molar-refractivity contribution in [1.82, 2.24) is 14.7 Å². The summed E-state index contributed by atoms with van der Waals surface area (Å²) in [7, 11) is 0. The van der Waals surface area contributed by atoms with Crippen LogP contribution in [0.4, 0.5) is 0 Å². The maximum atomic E-state index is 12.8. The molecule has 1 aromatic heterocycles. The second-order valence-corrected chi connectivity index (χ2v) is 6.17. The van der Waals surface area contributed by atoms with Crippen molar-refractivity contribution in [1.29, 1.82) is 0 Å². The van der Waals surface area contributed by atoms with Crippen LogP contribution in [0.25, 0.3) is 5.69 Å². The van der Waals surface area contributed by atoms with E-state index in [0.29, 0.717) is 25.1 Å². The normalized spacial score (nSPS) is 19.8. The van der Waals surface area contributed by atoms with E-state index >= 15 is 0 Å². The minimum absolute atomic E-state index is 0.00738. The molecule has 0 spiro atoms. The lowest BCUT2D eigenvalue weighted by Crippen LogP contribution is -2.50. The minimum atomic E-state index is -1.28. The van der Waals surface area contributed by atoms with Gasteiger partial charge in [-0.2, -0.15) is 5.10 Å². The molecule has 8 heteroatoms. The summed E-state index contributed by atoms with van der Waals surface area (Å²) >= 11 is 0. The Morgan fingerprint density at radius 2 is 1.92 bits per heavy atom. The highest BCUT2D eigenvalue weighted by Crippen LogP contribution is 2.30. The third-order valence-corrected chi connectivity index (χ3v) is 4.53. The van der Waals surface area contributed by atoms with Crippen molar-refractivity contribution in [2.24, 2.45) is 5.73 Å². The number of para-hydroxylation sites is 1. The van der Waals surface area contributed by atoms with Gasteiger partial charge in [-0.05, 0) is 31.9 Å². The van der Waals surface area contributed by atoms with Crippen LogP contribution in [0, 0.1) is 0 Å². The number of carbonyl (C=O) groups excluding carboxylic acids is 2. The monoisotopic (exact) mass is 342 g/mol. The average molecular weight is 342 g/mol. The van der Waals surface area contributed by atoms with Crippen LogP contribution in [0.15, 0.2) is 36.4 Å². The van der Waals surface area contributed by atoms with Crippen molar-refractivity contribution >= 4 is 17.8 Å². The van der Waals surface area contributed by atoms with E-state index in [2.05, 4.69) is 5.10 Å². The molecule has 2 aromatic rings. The molecule has 130 valence electrons. The van der Waals surface area contributed by atoms with Gasteiger partial charge in [0.15, 0.2) is 5.69 Å². The van der Waals surface area contributed by atoms with Gasteiger partial charge in [-0.15, -0.1) is 0 Å². The molecule has 1 aromatic carbocycles. The zero-order valence-electron chi connectivity index (χ0n) is 13.7. The van der Waals surface area contributed by atoms with Crippen molar-refractivity contribution in [2.75, 3.05) is 6.54 Å². The van der Waals surface area contributed by atoms with Crippen LogP contribution >= 0.6 is 0 Å². The molecule has 25 heavy (non-hydrogen) atoms. The van der Waals surface area contributed by atoms with E-state index in [0.717, 1.165) is 0 Å². The SMILES string of the molecule is CC1(C(=O)O)CCCN1C(=O)c1cc(C(N)=O)n(-c2ccccc2)n1. The maximum Gasteiger partial charge on any atom is 0.329 e. The fourth-order valence-corrected chi connectivity index (χ4v) is 3.08. The molecule has 1 atom stereocenters. The first-order valence-corrected chi connectivity index (χ1v) is 7.85. The first-order chi connectivity index (χ1) is 11.8. The van der Waals surface area contributed by atoms with Crippen molar-refractivity contribution in [3.63, 3.8) is 0 Å². The van der Waals surface area contributed by atoms with Gasteiger partial charge in [-0.1, -0.05) is 18.2 Å². The highest BCUT2D eigenvalue weighted by molar-refractivity contribution is 6.00. The van der Waals surface area contributed by atoms with E-state index in [4.69, 9.17) is 5.73 Å². The number of aromatic nitrogens is 2. The van der Waals surface area contributed by atoms with Gasteiger partial charge in [-0.3, -0.25) is 9.59 Å². The van der Waals surface area contributed by atoms with Crippen LogP contribution in [-0.4, -0.2) is 49.7 Å². The first kappa shape index (κ1) is 16.7. The van der Waals surface area contributed by atoms with Gasteiger partial charge in [0.1, 0.15) is 11.2 Å². The van der Waals surface area contributed by atoms with Crippen LogP contribution in [0.3, 0.4) is 0 Å². The lowest BCUT2D eigenvalue weighted by Gasteiger charge is -2.30. The Balaban J connectivity index is 2.02. The minimum Gasteiger partial charge on any atom is -0.480 e. The smallest absolute Gasteiger partial charge is 0.329 e. The van der Waals surface area contributed by atoms with Crippen LogP contribution < -0.4 is 5.73 Å². The number of nitrogens with zero attached hydrogens (tertiary/aromatic N) is 3. The third kappa shape index (κ3) is 2.75. The van der Waals surface area contributed by atoms with Crippen molar-refractivity contribution in [3.8, 4) is 5.69 Å². The molecule has 8 nitrogen and oxygen atoms in total. The van der Waals surface area contributed by atoms with Gasteiger partial charge in [0.05, 0.1) is 5.69 Å². The molecule has 1 aliphatic heterocycles. The second kappa shape index (κ2) is 6.04. The van der Waals surface area contributed by atoms with Crippen LogP contribution in [0.1, 0.15) is 40.7 Å². The van der Waals surface area contributed by atoms with Crippen LogP contribution in [-0.2, 0) is 4.79 Å². The van der Waals surface area contributed by atoms with Crippen molar-refractivity contribution in [2.45, 2.75) is 25.3 Å². The van der Waals surface area contributed by atoms with Crippen molar-refractivity contribution in [3.05, 3.63) is 47.8 Å². The summed E-state index contributed by atoms with van der Waals surface area (Å²) in [5, 5.41) is 13.7. The van der Waals surface area contributed by atoms with Crippen molar-refractivity contribution < 1.29 is 19.5 Å². The predicted molar refractivity (Wildman–Crippen MR) is 88.4 cm³/mol. The number of primary amides is 1. The third-order valence-electron chi connectivity index (χ3n) is 4.53. The largest absolute Gasteiger partial charge is 0.480 e. The number of carboxylic acids is 1. The number of carboxylic acid groups (broad SMARTS) is 1. The molecule has 3 rings (SSSR count). The van der Waals surface area contributed by atoms with Gasteiger partial charge in [0.25, 0.3) is 11.8 Å².